The molecule has 1 N–H and O–H groups in total. The Balaban J connectivity index is 1.74. The highest BCUT2D eigenvalue weighted by molar-refractivity contribution is 7.16. The highest BCUT2D eigenvalue weighted by Crippen LogP contribution is 2.23. The minimum Gasteiger partial charge on any atom is -0.296 e. The smallest absolute Gasteiger partial charge is 0.269 e. The zero-order valence-electron chi connectivity index (χ0n) is 12.5. The fourth-order valence-corrected chi connectivity index (χ4v) is 3.60. The third kappa shape index (κ3) is 3.77. The Morgan fingerprint density at radius 1 is 1.17 bits per heavy atom. The minimum atomic E-state index is -0.267. The molecule has 0 bridgehead atoms. The molecule has 2 aromatic heterocycles. The van der Waals surface area contributed by atoms with Gasteiger partial charge < -0.3 is 0 Å². The fourth-order valence-electron chi connectivity index (χ4n) is 2.02. The molecule has 0 aliphatic rings. The summed E-state index contributed by atoms with van der Waals surface area (Å²) in [6.07, 6.45) is 0.566. The maximum Gasteiger partial charge on any atom is 0.269 e. The monoisotopic (exact) mass is 348 g/mol. The van der Waals surface area contributed by atoms with Crippen LogP contribution in [0.2, 0.25) is 0 Å². The number of halogens is 1. The van der Waals surface area contributed by atoms with Gasteiger partial charge in [-0.05, 0) is 31.5 Å². The lowest BCUT2D eigenvalue weighted by atomic mass is 10.1. The molecule has 1 amide bonds. The molecule has 2 heterocycles. The third-order valence-electron chi connectivity index (χ3n) is 3.06. The number of carbonyl (C=O) groups excluding carboxylic acids is 1. The molecular weight excluding hydrogens is 335 g/mol. The van der Waals surface area contributed by atoms with E-state index in [2.05, 4.69) is 20.5 Å². The summed E-state index contributed by atoms with van der Waals surface area (Å²) in [4.78, 5) is 17.3. The molecule has 0 radical (unpaired) electrons. The molecule has 1 aromatic carbocycles. The van der Waals surface area contributed by atoms with E-state index in [1.165, 1.54) is 34.8 Å². The molecule has 23 heavy (non-hydrogen) atoms. The standard InChI is InChI=1S/C15H13FN4OS2/c1-8-13(14(21)18-15-20-19-9(2)22-15)23-12(17-8)7-10-3-5-11(16)6-4-10/h3-6H,7H2,1-2H3,(H,18,20,21). The van der Waals surface area contributed by atoms with Gasteiger partial charge in [0.2, 0.25) is 5.13 Å². The molecule has 0 aliphatic carbocycles. The maximum atomic E-state index is 12.9. The predicted molar refractivity (Wildman–Crippen MR) is 88.7 cm³/mol. The van der Waals surface area contributed by atoms with E-state index in [4.69, 9.17) is 0 Å². The van der Waals surface area contributed by atoms with Crippen LogP contribution in [-0.4, -0.2) is 21.1 Å². The van der Waals surface area contributed by atoms with E-state index >= 15 is 0 Å². The van der Waals surface area contributed by atoms with Gasteiger partial charge in [0.15, 0.2) is 0 Å². The van der Waals surface area contributed by atoms with E-state index < -0.39 is 0 Å². The minimum absolute atomic E-state index is 0.235. The predicted octanol–water partition coefficient (Wildman–Crippen LogP) is 3.59. The molecular formula is C15H13FN4OS2. The van der Waals surface area contributed by atoms with Gasteiger partial charge in [-0.15, -0.1) is 21.5 Å². The van der Waals surface area contributed by atoms with Crippen LogP contribution in [0.3, 0.4) is 0 Å². The van der Waals surface area contributed by atoms with E-state index in [-0.39, 0.29) is 11.7 Å². The zero-order chi connectivity index (χ0) is 16.4. The van der Waals surface area contributed by atoms with Crippen LogP contribution in [0.1, 0.15) is 30.9 Å². The molecule has 0 unspecified atom stereocenters. The van der Waals surface area contributed by atoms with Crippen LogP contribution in [-0.2, 0) is 6.42 Å². The number of nitrogens with zero attached hydrogens (tertiary/aromatic N) is 3. The first-order chi connectivity index (χ1) is 11.0. The Kier molecular flexibility index (Phi) is 4.44. The van der Waals surface area contributed by atoms with Crippen LogP contribution in [0.5, 0.6) is 0 Å². The number of carbonyl (C=O) groups is 1. The Morgan fingerprint density at radius 2 is 1.91 bits per heavy atom. The van der Waals surface area contributed by atoms with Crippen molar-refractivity contribution in [1.82, 2.24) is 15.2 Å². The molecule has 5 nitrogen and oxygen atoms in total. The summed E-state index contributed by atoms with van der Waals surface area (Å²) in [6, 6.07) is 6.27. The zero-order valence-corrected chi connectivity index (χ0v) is 14.1. The number of aryl methyl sites for hydroxylation is 2. The number of nitrogens with one attached hydrogen (secondary N) is 1. The fraction of sp³-hybridized carbons (Fsp3) is 0.200. The number of hydrogen-bond acceptors (Lipinski definition) is 6. The van der Waals surface area contributed by atoms with Crippen LogP contribution >= 0.6 is 22.7 Å². The third-order valence-corrected chi connectivity index (χ3v) is 4.97. The van der Waals surface area contributed by atoms with Crippen LogP contribution < -0.4 is 5.32 Å². The highest BCUT2D eigenvalue weighted by Gasteiger charge is 2.17. The second-order valence-electron chi connectivity index (χ2n) is 4.91. The van der Waals surface area contributed by atoms with Crippen LogP contribution in [0.4, 0.5) is 9.52 Å². The summed E-state index contributed by atoms with van der Waals surface area (Å²) in [7, 11) is 0. The number of rotatable bonds is 4. The summed E-state index contributed by atoms with van der Waals surface area (Å²) in [6.45, 7) is 3.62. The molecule has 118 valence electrons. The van der Waals surface area contributed by atoms with Gasteiger partial charge in [0, 0.05) is 6.42 Å². The summed E-state index contributed by atoms with van der Waals surface area (Å²) >= 11 is 2.65. The van der Waals surface area contributed by atoms with Crippen molar-refractivity contribution in [2.45, 2.75) is 20.3 Å². The number of amides is 1. The van der Waals surface area contributed by atoms with Crippen LogP contribution in [0.25, 0.3) is 0 Å². The van der Waals surface area contributed by atoms with Gasteiger partial charge in [0.1, 0.15) is 15.7 Å². The molecule has 8 heteroatoms. The van der Waals surface area contributed by atoms with Gasteiger partial charge in [-0.2, -0.15) is 0 Å². The summed E-state index contributed by atoms with van der Waals surface area (Å²) in [5.74, 6) is -0.502. The SMILES string of the molecule is Cc1nnc(NC(=O)c2sc(Cc3ccc(F)cc3)nc2C)s1. The quantitative estimate of drug-likeness (QED) is 0.782. The van der Waals surface area contributed by atoms with E-state index in [9.17, 15) is 9.18 Å². The van der Waals surface area contributed by atoms with E-state index in [0.717, 1.165) is 15.6 Å². The first-order valence-corrected chi connectivity index (χ1v) is 8.47. The number of benzene rings is 1. The van der Waals surface area contributed by atoms with Gasteiger partial charge >= 0.3 is 0 Å². The Labute approximate surface area is 140 Å². The average Bonchev–Trinajstić information content (AvgIpc) is 3.07. The number of thiazole rings is 1. The van der Waals surface area contributed by atoms with E-state index in [1.807, 2.05) is 6.92 Å². The second kappa shape index (κ2) is 6.51. The molecule has 0 spiro atoms. The van der Waals surface area contributed by atoms with E-state index in [1.54, 1.807) is 19.1 Å². The topological polar surface area (TPSA) is 67.8 Å². The average molecular weight is 348 g/mol. The Morgan fingerprint density at radius 3 is 2.57 bits per heavy atom. The summed E-state index contributed by atoms with van der Waals surface area (Å²) < 4.78 is 12.9. The first kappa shape index (κ1) is 15.7. The lowest BCUT2D eigenvalue weighted by molar-refractivity contribution is 0.102. The molecule has 0 aliphatic heterocycles. The molecule has 0 atom stereocenters. The number of aromatic nitrogens is 3. The van der Waals surface area contributed by atoms with Crippen molar-refractivity contribution >= 4 is 33.7 Å². The number of anilines is 1. The Hall–Kier alpha value is -2.19. The van der Waals surface area contributed by atoms with Crippen molar-refractivity contribution in [3.05, 3.63) is 56.2 Å². The normalized spacial score (nSPS) is 10.7. The van der Waals surface area contributed by atoms with Gasteiger partial charge in [-0.3, -0.25) is 10.1 Å². The molecule has 3 aromatic rings. The lowest BCUT2D eigenvalue weighted by Crippen LogP contribution is -2.11. The Bertz CT molecular complexity index is 842. The van der Waals surface area contributed by atoms with Gasteiger partial charge in [-0.1, -0.05) is 23.5 Å². The van der Waals surface area contributed by atoms with Crippen molar-refractivity contribution in [1.29, 1.82) is 0 Å². The molecule has 0 saturated heterocycles. The lowest BCUT2D eigenvalue weighted by Gasteiger charge is -1.98. The van der Waals surface area contributed by atoms with Gasteiger partial charge in [0.25, 0.3) is 5.91 Å². The van der Waals surface area contributed by atoms with Crippen molar-refractivity contribution in [2.75, 3.05) is 5.32 Å². The molecule has 3 rings (SSSR count). The first-order valence-electron chi connectivity index (χ1n) is 6.83. The van der Waals surface area contributed by atoms with Crippen molar-refractivity contribution < 1.29 is 9.18 Å². The largest absolute Gasteiger partial charge is 0.296 e. The molecule has 0 fully saturated rings. The highest BCUT2D eigenvalue weighted by atomic mass is 32.1. The van der Waals surface area contributed by atoms with Crippen LogP contribution in [0, 0.1) is 19.7 Å². The van der Waals surface area contributed by atoms with E-state index in [0.29, 0.717) is 22.1 Å². The van der Waals surface area contributed by atoms with Crippen molar-refractivity contribution in [3.8, 4) is 0 Å². The summed E-state index contributed by atoms with van der Waals surface area (Å²) in [5, 5.41) is 12.6. The van der Waals surface area contributed by atoms with Gasteiger partial charge in [0.05, 0.1) is 10.7 Å². The maximum absolute atomic E-state index is 12.9. The van der Waals surface area contributed by atoms with Gasteiger partial charge in [-0.25, -0.2) is 9.37 Å². The second-order valence-corrected chi connectivity index (χ2v) is 7.17. The number of hydrogen-bond donors (Lipinski definition) is 1. The van der Waals surface area contributed by atoms with Crippen molar-refractivity contribution in [3.63, 3.8) is 0 Å². The molecule has 0 saturated carbocycles. The summed E-state index contributed by atoms with van der Waals surface area (Å²) in [5.41, 5.74) is 1.62. The van der Waals surface area contributed by atoms with Crippen molar-refractivity contribution in [2.24, 2.45) is 0 Å². The van der Waals surface area contributed by atoms with Crippen LogP contribution in [0.15, 0.2) is 24.3 Å².